The fourth-order valence-electron chi connectivity index (χ4n) is 3.84. The van der Waals surface area contributed by atoms with Crippen molar-refractivity contribution < 1.29 is 28.6 Å². The van der Waals surface area contributed by atoms with Gasteiger partial charge in [-0.15, -0.1) is 0 Å². The first-order valence-corrected chi connectivity index (χ1v) is 12.6. The molecule has 38 heavy (non-hydrogen) atoms. The molecule has 0 aromatic carbocycles. The number of fused-ring (bicyclic) bond motifs is 1. The van der Waals surface area contributed by atoms with Crippen molar-refractivity contribution in [1.82, 2.24) is 15.3 Å². The van der Waals surface area contributed by atoms with Gasteiger partial charge in [-0.05, 0) is 59.2 Å². The van der Waals surface area contributed by atoms with Crippen molar-refractivity contribution in [1.29, 1.82) is 0 Å². The molecule has 0 bridgehead atoms. The average Bonchev–Trinajstić information content (AvgIpc) is 3.36. The van der Waals surface area contributed by atoms with E-state index in [1.165, 1.54) is 0 Å². The minimum atomic E-state index is -0.534. The van der Waals surface area contributed by atoms with Crippen molar-refractivity contribution in [3.05, 3.63) is 40.8 Å². The Morgan fingerprint density at radius 1 is 1.21 bits per heavy atom. The molecule has 2 aromatic heterocycles. The van der Waals surface area contributed by atoms with Gasteiger partial charge in [0, 0.05) is 38.0 Å². The Labute approximate surface area is 222 Å². The number of rotatable bonds is 11. The summed E-state index contributed by atoms with van der Waals surface area (Å²) in [5.41, 5.74) is 2.91. The summed E-state index contributed by atoms with van der Waals surface area (Å²) < 4.78 is 15.9. The van der Waals surface area contributed by atoms with Gasteiger partial charge in [0.25, 0.3) is 5.91 Å². The molecular formula is C27H37N5O6. The quantitative estimate of drug-likeness (QED) is 0.228. The van der Waals surface area contributed by atoms with Gasteiger partial charge >= 0.3 is 12.1 Å². The SMILES string of the molecule is CCOC(=O)c1cc(C)[nH]c1/C=C1\C(=O)Nc2cnc(N(C)CCCOCCNC(=O)OC(C)(C)C)cc21. The topological polar surface area (TPSA) is 135 Å². The molecule has 0 fully saturated rings. The van der Waals surface area contributed by atoms with E-state index in [-0.39, 0.29) is 12.5 Å². The lowest BCUT2D eigenvalue weighted by Gasteiger charge is -2.20. The molecule has 0 spiro atoms. The molecule has 3 N–H and O–H groups in total. The lowest BCUT2D eigenvalue weighted by atomic mass is 10.1. The zero-order valence-corrected chi connectivity index (χ0v) is 22.9. The van der Waals surface area contributed by atoms with Crippen LogP contribution in [0.2, 0.25) is 0 Å². The van der Waals surface area contributed by atoms with Gasteiger partial charge < -0.3 is 34.7 Å². The number of aryl methyl sites for hydroxylation is 1. The van der Waals surface area contributed by atoms with Gasteiger partial charge in [-0.25, -0.2) is 14.6 Å². The number of amides is 2. The van der Waals surface area contributed by atoms with E-state index < -0.39 is 17.7 Å². The normalized spacial score (nSPS) is 13.7. The number of nitrogens with one attached hydrogen (secondary N) is 3. The highest BCUT2D eigenvalue weighted by Crippen LogP contribution is 2.35. The summed E-state index contributed by atoms with van der Waals surface area (Å²) >= 11 is 0. The van der Waals surface area contributed by atoms with Crippen LogP contribution in [-0.4, -0.2) is 73.5 Å². The number of H-pyrrole nitrogens is 1. The van der Waals surface area contributed by atoms with Gasteiger partial charge in [0.15, 0.2) is 0 Å². The van der Waals surface area contributed by atoms with Crippen molar-refractivity contribution in [3.63, 3.8) is 0 Å². The van der Waals surface area contributed by atoms with Crippen LogP contribution in [0.3, 0.4) is 0 Å². The molecule has 11 nitrogen and oxygen atoms in total. The fraction of sp³-hybridized carbons (Fsp3) is 0.481. The monoisotopic (exact) mass is 527 g/mol. The van der Waals surface area contributed by atoms with E-state index in [2.05, 4.69) is 20.6 Å². The molecule has 0 unspecified atom stereocenters. The number of hydrogen-bond acceptors (Lipinski definition) is 8. The van der Waals surface area contributed by atoms with Gasteiger partial charge in [-0.3, -0.25) is 4.79 Å². The molecule has 1 aliphatic heterocycles. The van der Waals surface area contributed by atoms with Crippen molar-refractivity contribution in [2.75, 3.05) is 50.2 Å². The number of ether oxygens (including phenoxy) is 3. The third kappa shape index (κ3) is 7.82. The molecule has 11 heteroatoms. The van der Waals surface area contributed by atoms with E-state index in [1.807, 2.05) is 45.7 Å². The number of hydrogen-bond donors (Lipinski definition) is 3. The van der Waals surface area contributed by atoms with E-state index in [4.69, 9.17) is 14.2 Å². The number of aromatic amines is 1. The summed E-state index contributed by atoms with van der Waals surface area (Å²) in [6.07, 6.45) is 3.58. The Hall–Kier alpha value is -3.86. The van der Waals surface area contributed by atoms with E-state index in [0.717, 1.165) is 12.1 Å². The van der Waals surface area contributed by atoms with Gasteiger partial charge in [0.1, 0.15) is 11.4 Å². The average molecular weight is 528 g/mol. The van der Waals surface area contributed by atoms with Gasteiger partial charge in [0.05, 0.1) is 41.9 Å². The van der Waals surface area contributed by atoms with Gasteiger partial charge in [0.2, 0.25) is 0 Å². The van der Waals surface area contributed by atoms with Crippen molar-refractivity contribution in [2.24, 2.45) is 0 Å². The zero-order valence-electron chi connectivity index (χ0n) is 22.9. The number of anilines is 2. The molecule has 1 aliphatic rings. The molecule has 0 radical (unpaired) electrons. The second-order valence-electron chi connectivity index (χ2n) is 9.92. The third-order valence-electron chi connectivity index (χ3n) is 5.53. The van der Waals surface area contributed by atoms with Crippen LogP contribution in [0.25, 0.3) is 11.6 Å². The van der Waals surface area contributed by atoms with Crippen molar-refractivity contribution >= 4 is 41.1 Å². The number of pyridine rings is 1. The lowest BCUT2D eigenvalue weighted by molar-refractivity contribution is -0.110. The third-order valence-corrected chi connectivity index (χ3v) is 5.53. The summed E-state index contributed by atoms with van der Waals surface area (Å²) in [6.45, 7) is 11.2. The Kier molecular flexibility index (Phi) is 9.51. The first-order valence-electron chi connectivity index (χ1n) is 12.6. The summed E-state index contributed by atoms with van der Waals surface area (Å²) in [6, 6.07) is 3.56. The van der Waals surface area contributed by atoms with E-state index >= 15 is 0 Å². The Morgan fingerprint density at radius 3 is 2.68 bits per heavy atom. The fourth-order valence-corrected chi connectivity index (χ4v) is 3.84. The molecule has 0 saturated carbocycles. The number of carbonyl (C=O) groups is 3. The second kappa shape index (κ2) is 12.6. The van der Waals surface area contributed by atoms with Crippen LogP contribution in [0.1, 0.15) is 61.4 Å². The minimum Gasteiger partial charge on any atom is -0.462 e. The highest BCUT2D eigenvalue weighted by Gasteiger charge is 2.27. The van der Waals surface area contributed by atoms with Crippen molar-refractivity contribution in [3.8, 4) is 0 Å². The molecule has 206 valence electrons. The molecule has 2 amide bonds. The largest absolute Gasteiger partial charge is 0.462 e. The molecule has 0 atom stereocenters. The maximum Gasteiger partial charge on any atom is 0.407 e. The van der Waals surface area contributed by atoms with Crippen LogP contribution in [-0.2, 0) is 19.0 Å². The molecule has 3 heterocycles. The molecule has 2 aromatic rings. The Bertz CT molecular complexity index is 1200. The Balaban J connectivity index is 1.57. The molecule has 3 rings (SSSR count). The van der Waals surface area contributed by atoms with Crippen LogP contribution in [0.5, 0.6) is 0 Å². The summed E-state index contributed by atoms with van der Waals surface area (Å²) in [7, 11) is 1.92. The molecule has 0 saturated heterocycles. The van der Waals surface area contributed by atoms with Crippen LogP contribution < -0.4 is 15.5 Å². The van der Waals surface area contributed by atoms with E-state index in [9.17, 15) is 14.4 Å². The van der Waals surface area contributed by atoms with Crippen LogP contribution >= 0.6 is 0 Å². The predicted molar refractivity (Wildman–Crippen MR) is 145 cm³/mol. The van der Waals surface area contributed by atoms with E-state index in [0.29, 0.717) is 60.2 Å². The highest BCUT2D eigenvalue weighted by molar-refractivity contribution is 6.35. The first-order chi connectivity index (χ1) is 18.0. The van der Waals surface area contributed by atoms with Gasteiger partial charge in [-0.1, -0.05) is 0 Å². The maximum atomic E-state index is 12.7. The Morgan fingerprint density at radius 2 is 1.97 bits per heavy atom. The van der Waals surface area contributed by atoms with Gasteiger partial charge in [-0.2, -0.15) is 0 Å². The zero-order chi connectivity index (χ0) is 27.9. The summed E-state index contributed by atoms with van der Waals surface area (Å²) in [5, 5.41) is 5.49. The summed E-state index contributed by atoms with van der Waals surface area (Å²) in [5.74, 6) is -0.0107. The number of alkyl carbamates (subject to hydrolysis) is 1. The van der Waals surface area contributed by atoms with Crippen LogP contribution in [0.15, 0.2) is 18.3 Å². The predicted octanol–water partition coefficient (Wildman–Crippen LogP) is 3.76. The minimum absolute atomic E-state index is 0.262. The number of nitrogens with zero attached hydrogens (tertiary/aromatic N) is 2. The molecular weight excluding hydrogens is 490 g/mol. The highest BCUT2D eigenvalue weighted by atomic mass is 16.6. The van der Waals surface area contributed by atoms with E-state index in [1.54, 1.807) is 25.3 Å². The number of esters is 1. The standard InChI is InChI=1S/C27H37N5O6/c1-7-37-25(34)20-13-17(2)30-21(20)14-19-18-15-23(29-16-22(18)31-24(19)33)32(6)10-8-11-36-12-9-28-26(35)38-27(3,4)5/h13-16,30H,7-12H2,1-6H3,(H,28,35)(H,31,33)/b19-14-. The van der Waals surface area contributed by atoms with Crippen LogP contribution in [0, 0.1) is 6.92 Å². The second-order valence-corrected chi connectivity index (χ2v) is 9.92. The maximum absolute atomic E-state index is 12.7. The number of aromatic nitrogens is 2. The smallest absolute Gasteiger partial charge is 0.407 e. The summed E-state index contributed by atoms with van der Waals surface area (Å²) in [4.78, 5) is 46.3. The first kappa shape index (κ1) is 28.7. The molecule has 0 aliphatic carbocycles. The van der Waals surface area contributed by atoms with Crippen molar-refractivity contribution in [2.45, 2.75) is 46.6 Å². The lowest BCUT2D eigenvalue weighted by Crippen LogP contribution is -2.34. The number of carbonyl (C=O) groups excluding carboxylic acids is 3. The van der Waals surface area contributed by atoms with Crippen LogP contribution in [0.4, 0.5) is 16.3 Å².